The summed E-state index contributed by atoms with van der Waals surface area (Å²) in [5.41, 5.74) is 6.13. The molecule has 20 heavy (non-hydrogen) atoms. The van der Waals surface area contributed by atoms with Crippen molar-refractivity contribution in [3.63, 3.8) is 0 Å². The number of nitrogens with zero attached hydrogens (tertiary/aromatic N) is 1. The first-order chi connectivity index (χ1) is 9.21. The summed E-state index contributed by atoms with van der Waals surface area (Å²) in [6.07, 6.45) is 1.01. The second kappa shape index (κ2) is 5.33. The van der Waals surface area contributed by atoms with Crippen LogP contribution in [-0.2, 0) is 10.0 Å². The van der Waals surface area contributed by atoms with Crippen LogP contribution in [0.4, 0.5) is 10.1 Å². The third-order valence-electron chi connectivity index (χ3n) is 3.83. The van der Waals surface area contributed by atoms with Crippen molar-refractivity contribution >= 4 is 15.7 Å². The Morgan fingerprint density at radius 1 is 1.25 bits per heavy atom. The van der Waals surface area contributed by atoms with Gasteiger partial charge in [-0.2, -0.15) is 4.31 Å². The number of anilines is 1. The lowest BCUT2D eigenvalue weighted by Gasteiger charge is -2.34. The lowest BCUT2D eigenvalue weighted by Crippen LogP contribution is -2.42. The van der Waals surface area contributed by atoms with Gasteiger partial charge in [-0.1, -0.05) is 13.8 Å². The first-order valence-corrected chi connectivity index (χ1v) is 8.21. The Hall–Kier alpha value is -1.14. The summed E-state index contributed by atoms with van der Waals surface area (Å²) in [4.78, 5) is -0.0561. The van der Waals surface area contributed by atoms with Crippen LogP contribution in [-0.4, -0.2) is 25.8 Å². The van der Waals surface area contributed by atoms with Gasteiger partial charge < -0.3 is 5.73 Å². The Morgan fingerprint density at radius 3 is 2.30 bits per heavy atom. The van der Waals surface area contributed by atoms with Gasteiger partial charge >= 0.3 is 0 Å². The van der Waals surface area contributed by atoms with Crippen molar-refractivity contribution in [3.05, 3.63) is 23.5 Å². The smallest absolute Gasteiger partial charge is 0.243 e. The van der Waals surface area contributed by atoms with E-state index in [1.54, 1.807) is 0 Å². The highest BCUT2D eigenvalue weighted by Gasteiger charge is 2.32. The fourth-order valence-corrected chi connectivity index (χ4v) is 4.50. The number of benzene rings is 1. The van der Waals surface area contributed by atoms with E-state index in [9.17, 15) is 12.8 Å². The summed E-state index contributed by atoms with van der Waals surface area (Å²) in [6.45, 7) is 6.54. The molecule has 4 nitrogen and oxygen atoms in total. The average molecular weight is 300 g/mol. The predicted octanol–water partition coefficient (Wildman–Crippen LogP) is 2.38. The van der Waals surface area contributed by atoms with Crippen LogP contribution in [0.1, 0.15) is 25.8 Å². The zero-order chi connectivity index (χ0) is 15.1. The summed E-state index contributed by atoms with van der Waals surface area (Å²) < 4.78 is 40.4. The number of hydrogen-bond donors (Lipinski definition) is 1. The molecule has 1 heterocycles. The Bertz CT molecular complexity index is 583. The van der Waals surface area contributed by atoms with Gasteiger partial charge in [0.1, 0.15) is 5.82 Å². The monoisotopic (exact) mass is 300 g/mol. The third kappa shape index (κ3) is 2.81. The van der Waals surface area contributed by atoms with Crippen LogP contribution in [0.3, 0.4) is 0 Å². The van der Waals surface area contributed by atoms with Gasteiger partial charge in [0.25, 0.3) is 0 Å². The summed E-state index contributed by atoms with van der Waals surface area (Å²) in [5.74, 6) is 0.0315. The molecule has 2 N–H and O–H groups in total. The minimum absolute atomic E-state index is 0.0561. The van der Waals surface area contributed by atoms with E-state index < -0.39 is 15.8 Å². The van der Waals surface area contributed by atoms with Crippen LogP contribution < -0.4 is 5.73 Å². The average Bonchev–Trinajstić information content (AvgIpc) is 2.34. The molecule has 1 saturated heterocycles. The van der Waals surface area contributed by atoms with E-state index in [0.29, 0.717) is 24.9 Å². The van der Waals surface area contributed by atoms with Crippen LogP contribution in [0, 0.1) is 24.6 Å². The highest BCUT2D eigenvalue weighted by molar-refractivity contribution is 7.89. The Balaban J connectivity index is 2.40. The summed E-state index contributed by atoms with van der Waals surface area (Å²) in [5, 5.41) is 0. The highest BCUT2D eigenvalue weighted by atomic mass is 32.2. The standard InChI is InChI=1S/C14H21FN2O2S/c1-9-4-10(2)8-17(7-9)20(18,19)12-5-13(15)11(3)14(16)6-12/h5-6,9-10H,4,7-8,16H2,1-3H3. The second-order valence-electron chi connectivity index (χ2n) is 5.89. The van der Waals surface area contributed by atoms with Gasteiger partial charge in [-0.15, -0.1) is 0 Å². The molecule has 0 aliphatic carbocycles. The first kappa shape index (κ1) is 15.3. The predicted molar refractivity (Wildman–Crippen MR) is 77.3 cm³/mol. The zero-order valence-electron chi connectivity index (χ0n) is 12.1. The van der Waals surface area contributed by atoms with Gasteiger partial charge in [0, 0.05) is 24.3 Å². The van der Waals surface area contributed by atoms with Crippen molar-refractivity contribution in [1.82, 2.24) is 4.31 Å². The number of nitrogen functional groups attached to an aromatic ring is 1. The van der Waals surface area contributed by atoms with Crippen molar-refractivity contribution in [1.29, 1.82) is 0 Å². The van der Waals surface area contributed by atoms with Crippen LogP contribution in [0.25, 0.3) is 0 Å². The molecule has 1 aromatic rings. The molecular weight excluding hydrogens is 279 g/mol. The van der Waals surface area contributed by atoms with Crippen molar-refractivity contribution < 1.29 is 12.8 Å². The maximum Gasteiger partial charge on any atom is 0.243 e. The van der Waals surface area contributed by atoms with E-state index in [0.717, 1.165) is 12.5 Å². The van der Waals surface area contributed by atoms with Gasteiger partial charge in [0.2, 0.25) is 10.0 Å². The van der Waals surface area contributed by atoms with Crippen LogP contribution in [0.15, 0.2) is 17.0 Å². The van der Waals surface area contributed by atoms with Gasteiger partial charge in [-0.3, -0.25) is 0 Å². The number of sulfonamides is 1. The van der Waals surface area contributed by atoms with Crippen LogP contribution in [0.2, 0.25) is 0 Å². The lowest BCUT2D eigenvalue weighted by atomic mass is 9.94. The highest BCUT2D eigenvalue weighted by Crippen LogP contribution is 2.28. The second-order valence-corrected chi connectivity index (χ2v) is 7.83. The number of piperidine rings is 1. The topological polar surface area (TPSA) is 63.4 Å². The fourth-order valence-electron chi connectivity index (χ4n) is 2.77. The van der Waals surface area contributed by atoms with Crippen molar-refractivity contribution in [2.45, 2.75) is 32.1 Å². The quantitative estimate of drug-likeness (QED) is 0.853. The van der Waals surface area contributed by atoms with Gasteiger partial charge in [0.15, 0.2) is 0 Å². The molecule has 1 aliphatic rings. The molecule has 0 spiro atoms. The molecule has 0 aromatic heterocycles. The molecular formula is C14H21FN2O2S. The molecule has 1 aliphatic heterocycles. The molecule has 0 bridgehead atoms. The van der Waals surface area contributed by atoms with E-state index >= 15 is 0 Å². The van der Waals surface area contributed by atoms with E-state index in [-0.39, 0.29) is 16.1 Å². The number of hydrogen-bond acceptors (Lipinski definition) is 3. The largest absolute Gasteiger partial charge is 0.398 e. The number of rotatable bonds is 2. The van der Waals surface area contributed by atoms with E-state index in [1.807, 2.05) is 13.8 Å². The van der Waals surface area contributed by atoms with Crippen molar-refractivity contribution in [3.8, 4) is 0 Å². The van der Waals surface area contributed by atoms with Crippen LogP contribution in [0.5, 0.6) is 0 Å². The minimum atomic E-state index is -3.68. The van der Waals surface area contributed by atoms with Crippen molar-refractivity contribution in [2.24, 2.45) is 11.8 Å². The van der Waals surface area contributed by atoms with Gasteiger partial charge in [-0.05, 0) is 37.3 Å². The molecule has 1 fully saturated rings. The Morgan fingerprint density at radius 2 is 1.80 bits per heavy atom. The Labute approximate surface area is 119 Å². The molecule has 2 unspecified atom stereocenters. The van der Waals surface area contributed by atoms with E-state index in [1.165, 1.54) is 17.3 Å². The van der Waals surface area contributed by atoms with E-state index in [2.05, 4.69) is 0 Å². The molecule has 2 atom stereocenters. The summed E-state index contributed by atoms with van der Waals surface area (Å²) in [6, 6.07) is 2.41. The number of nitrogens with two attached hydrogens (primary N) is 1. The normalized spacial score (nSPS) is 24.8. The molecule has 112 valence electrons. The number of halogens is 1. The van der Waals surface area contributed by atoms with E-state index in [4.69, 9.17) is 5.73 Å². The van der Waals surface area contributed by atoms with Crippen molar-refractivity contribution in [2.75, 3.05) is 18.8 Å². The molecule has 6 heteroatoms. The third-order valence-corrected chi connectivity index (χ3v) is 5.64. The minimum Gasteiger partial charge on any atom is -0.398 e. The fraction of sp³-hybridized carbons (Fsp3) is 0.571. The van der Waals surface area contributed by atoms with Gasteiger partial charge in [-0.25, -0.2) is 12.8 Å². The summed E-state index contributed by atoms with van der Waals surface area (Å²) in [7, 11) is -3.68. The first-order valence-electron chi connectivity index (χ1n) is 6.77. The van der Waals surface area contributed by atoms with Gasteiger partial charge in [0.05, 0.1) is 4.90 Å². The molecule has 0 radical (unpaired) electrons. The molecule has 2 rings (SSSR count). The molecule has 0 saturated carbocycles. The maximum atomic E-state index is 13.7. The molecule has 1 aromatic carbocycles. The SMILES string of the molecule is Cc1c(N)cc(S(=O)(=O)N2CC(C)CC(C)C2)cc1F. The Kier molecular flexibility index (Phi) is 4.07. The zero-order valence-corrected chi connectivity index (χ0v) is 12.9. The van der Waals surface area contributed by atoms with Crippen LogP contribution >= 0.6 is 0 Å². The lowest BCUT2D eigenvalue weighted by molar-refractivity contribution is 0.222. The maximum absolute atomic E-state index is 13.7. The summed E-state index contributed by atoms with van der Waals surface area (Å²) >= 11 is 0. The molecule has 0 amide bonds.